The summed E-state index contributed by atoms with van der Waals surface area (Å²) in [5, 5.41) is 33.5. The Balaban J connectivity index is 1.94. The van der Waals surface area contributed by atoms with Gasteiger partial charge in [0.05, 0.1) is 17.7 Å². The largest absolute Gasteiger partial charge is 0.394 e. The Morgan fingerprint density at radius 1 is 1.50 bits per heavy atom. The van der Waals surface area contributed by atoms with E-state index in [2.05, 4.69) is 20.7 Å². The zero-order valence-corrected chi connectivity index (χ0v) is 13.7. The quantitative estimate of drug-likeness (QED) is 0.272. The van der Waals surface area contributed by atoms with Crippen LogP contribution in [0.3, 0.4) is 0 Å². The smallest absolute Gasteiger partial charge is 0.251 e. The van der Waals surface area contributed by atoms with Gasteiger partial charge in [-0.15, -0.1) is 0 Å². The number of aliphatic hydroxyl groups is 3. The first-order valence-electron chi connectivity index (χ1n) is 7.90. The maximum absolute atomic E-state index is 12.0. The Labute approximate surface area is 147 Å². The van der Waals surface area contributed by atoms with Gasteiger partial charge in [-0.05, 0) is 6.92 Å². The summed E-state index contributed by atoms with van der Waals surface area (Å²) in [6.07, 6.45) is 0.869. The number of aromatic nitrogens is 3. The van der Waals surface area contributed by atoms with Gasteiger partial charge in [0.1, 0.15) is 35.6 Å². The molecule has 11 heteroatoms. The van der Waals surface area contributed by atoms with Gasteiger partial charge < -0.3 is 35.4 Å². The third-order valence-corrected chi connectivity index (χ3v) is 4.76. The molecular weight excluding hydrogens is 344 g/mol. The number of carbonyl (C=O) groups is 1. The molecule has 0 spiro atoms. The van der Waals surface area contributed by atoms with E-state index in [1.165, 1.54) is 23.9 Å². The first-order valence-corrected chi connectivity index (χ1v) is 7.90. The number of hydrazine groups is 1. The van der Waals surface area contributed by atoms with Gasteiger partial charge in [-0.25, -0.2) is 9.97 Å². The average Bonchev–Trinajstić information content (AvgIpc) is 3.04. The summed E-state index contributed by atoms with van der Waals surface area (Å²) in [6, 6.07) is 0. The van der Waals surface area contributed by atoms with Gasteiger partial charge in [-0.2, -0.15) is 0 Å². The van der Waals surface area contributed by atoms with Gasteiger partial charge in [-0.3, -0.25) is 10.6 Å². The summed E-state index contributed by atoms with van der Waals surface area (Å²) < 4.78 is 7.19. The van der Waals surface area contributed by atoms with Crippen LogP contribution in [0.1, 0.15) is 18.7 Å². The molecule has 2 aromatic heterocycles. The number of aliphatic hydroxyl groups excluding tert-OH is 2. The molecule has 7 N–H and O–H groups in total. The Bertz CT molecular complexity index is 923. The first-order chi connectivity index (χ1) is 12.4. The number of carbonyl (C=O) groups excluding carboxylic acids is 1. The molecule has 4 heterocycles. The summed E-state index contributed by atoms with van der Waals surface area (Å²) in [7, 11) is 0. The molecule has 2 aliphatic rings. The minimum atomic E-state index is -1.69. The van der Waals surface area contributed by atoms with Gasteiger partial charge in [0, 0.05) is 17.8 Å². The molecule has 11 nitrogen and oxygen atoms in total. The van der Waals surface area contributed by atoms with Crippen LogP contribution in [0.15, 0.2) is 18.6 Å². The Kier molecular flexibility index (Phi) is 3.71. The lowest BCUT2D eigenvalue weighted by atomic mass is 9.96. The van der Waals surface area contributed by atoms with Crippen molar-refractivity contribution in [1.82, 2.24) is 20.0 Å². The van der Waals surface area contributed by atoms with Crippen molar-refractivity contribution in [3.05, 3.63) is 24.2 Å². The lowest BCUT2D eigenvalue weighted by molar-refractivity contribution is -0.111. The lowest BCUT2D eigenvalue weighted by Crippen LogP contribution is -2.44. The monoisotopic (exact) mass is 362 g/mol. The second kappa shape index (κ2) is 5.72. The van der Waals surface area contributed by atoms with Crippen LogP contribution in [-0.2, 0) is 9.53 Å². The average molecular weight is 362 g/mol. The minimum Gasteiger partial charge on any atom is -0.394 e. The van der Waals surface area contributed by atoms with E-state index in [1.54, 1.807) is 6.20 Å². The molecule has 4 rings (SSSR count). The number of rotatable bonds is 3. The van der Waals surface area contributed by atoms with Gasteiger partial charge >= 0.3 is 0 Å². The van der Waals surface area contributed by atoms with Crippen LogP contribution < -0.4 is 16.6 Å². The van der Waals surface area contributed by atoms with E-state index in [1.807, 2.05) is 0 Å². The highest BCUT2D eigenvalue weighted by atomic mass is 16.6. The maximum Gasteiger partial charge on any atom is 0.251 e. The lowest BCUT2D eigenvalue weighted by Gasteiger charge is -2.27. The van der Waals surface area contributed by atoms with Crippen molar-refractivity contribution < 1.29 is 24.9 Å². The molecule has 1 fully saturated rings. The maximum atomic E-state index is 12.0. The standard InChI is InChI=1S/C15H18N6O5/c1-15(25)11(24)8(4-22)26-14(15)21-3-6-7(20-16)2-9(23)19-12-10(6)13(21)18-5-17-12/h2-3,5,8,11,14,20,22,24-25H,4,16H2,1H3,(H,17,18,19,23)/t8-,11-,14-,15?/m1/s1. The SMILES string of the molecule is CC1(O)[C@H](O)[C@@H](CO)O[C@H]1n1cc2c3c(ncnc31)NC(=O)C=C2NN. The van der Waals surface area contributed by atoms with Crippen LogP contribution in [0.2, 0.25) is 0 Å². The number of nitrogens with zero attached hydrogens (tertiary/aromatic N) is 3. The zero-order valence-electron chi connectivity index (χ0n) is 13.7. The number of hydrogen-bond donors (Lipinski definition) is 6. The Morgan fingerprint density at radius 3 is 2.92 bits per heavy atom. The van der Waals surface area contributed by atoms with E-state index >= 15 is 0 Å². The summed E-state index contributed by atoms with van der Waals surface area (Å²) in [6.45, 7) is 0.961. The highest BCUT2D eigenvalue weighted by Crippen LogP contribution is 2.42. The van der Waals surface area contributed by atoms with E-state index in [0.717, 1.165) is 0 Å². The topological polar surface area (TPSA) is 168 Å². The van der Waals surface area contributed by atoms with Crippen LogP contribution in [0.25, 0.3) is 16.7 Å². The molecular formula is C15H18N6O5. The first kappa shape index (κ1) is 16.9. The number of nitrogens with two attached hydrogens (primary N) is 1. The third kappa shape index (κ3) is 2.22. The predicted molar refractivity (Wildman–Crippen MR) is 89.1 cm³/mol. The molecule has 0 saturated carbocycles. The highest BCUT2D eigenvalue weighted by Gasteiger charge is 2.53. The fraction of sp³-hybridized carbons (Fsp3) is 0.400. The molecule has 0 aliphatic carbocycles. The molecule has 0 bridgehead atoms. The van der Waals surface area contributed by atoms with Crippen molar-refractivity contribution >= 4 is 28.5 Å². The van der Waals surface area contributed by atoms with E-state index < -0.39 is 36.6 Å². The molecule has 2 aromatic rings. The molecule has 1 amide bonds. The second-order valence-corrected chi connectivity index (χ2v) is 6.44. The number of nitrogens with one attached hydrogen (secondary N) is 2. The normalized spacial score (nSPS) is 30.9. The van der Waals surface area contributed by atoms with Crippen LogP contribution in [0, 0.1) is 0 Å². The molecule has 1 saturated heterocycles. The number of hydrogen-bond acceptors (Lipinski definition) is 9. The van der Waals surface area contributed by atoms with Crippen molar-refractivity contribution in [3.8, 4) is 0 Å². The number of ether oxygens (including phenoxy) is 1. The molecule has 1 unspecified atom stereocenters. The summed E-state index contributed by atoms with van der Waals surface area (Å²) in [5.74, 6) is 5.43. The van der Waals surface area contributed by atoms with Crippen LogP contribution >= 0.6 is 0 Å². The van der Waals surface area contributed by atoms with Gasteiger partial charge in [0.2, 0.25) is 0 Å². The Hall–Kier alpha value is -2.57. The van der Waals surface area contributed by atoms with Gasteiger partial charge in [0.15, 0.2) is 6.23 Å². The molecule has 4 atom stereocenters. The molecule has 26 heavy (non-hydrogen) atoms. The van der Waals surface area contributed by atoms with Gasteiger partial charge in [-0.1, -0.05) is 0 Å². The molecule has 2 aliphatic heterocycles. The summed E-state index contributed by atoms with van der Waals surface area (Å²) in [4.78, 5) is 20.3. The van der Waals surface area contributed by atoms with Crippen molar-refractivity contribution in [3.63, 3.8) is 0 Å². The fourth-order valence-electron chi connectivity index (χ4n) is 3.43. The Morgan fingerprint density at radius 2 is 2.27 bits per heavy atom. The van der Waals surface area contributed by atoms with Crippen molar-refractivity contribution in [1.29, 1.82) is 0 Å². The molecule has 0 aromatic carbocycles. The van der Waals surface area contributed by atoms with E-state index in [-0.39, 0.29) is 5.82 Å². The fourth-order valence-corrected chi connectivity index (χ4v) is 3.43. The minimum absolute atomic E-state index is 0.284. The van der Waals surface area contributed by atoms with E-state index in [9.17, 15) is 20.1 Å². The van der Waals surface area contributed by atoms with Crippen molar-refractivity contribution in [2.24, 2.45) is 5.84 Å². The van der Waals surface area contributed by atoms with Crippen molar-refractivity contribution in [2.75, 3.05) is 11.9 Å². The highest BCUT2D eigenvalue weighted by molar-refractivity contribution is 6.13. The zero-order chi connectivity index (χ0) is 18.6. The second-order valence-electron chi connectivity index (χ2n) is 6.44. The predicted octanol–water partition coefficient (Wildman–Crippen LogP) is -1.81. The van der Waals surface area contributed by atoms with Gasteiger partial charge in [0.25, 0.3) is 5.91 Å². The summed E-state index contributed by atoms with van der Waals surface area (Å²) in [5.41, 5.74) is 2.00. The number of amides is 1. The van der Waals surface area contributed by atoms with E-state index in [0.29, 0.717) is 22.3 Å². The number of anilines is 1. The molecule has 138 valence electrons. The van der Waals surface area contributed by atoms with E-state index in [4.69, 9.17) is 10.6 Å². The van der Waals surface area contributed by atoms with Crippen molar-refractivity contribution in [2.45, 2.75) is 31.0 Å². The van der Waals surface area contributed by atoms with Crippen LogP contribution in [-0.4, -0.2) is 60.2 Å². The third-order valence-electron chi connectivity index (χ3n) is 4.76. The van der Waals surface area contributed by atoms with Crippen LogP contribution in [0.5, 0.6) is 0 Å². The van der Waals surface area contributed by atoms with Crippen LogP contribution in [0.4, 0.5) is 5.82 Å². The summed E-state index contributed by atoms with van der Waals surface area (Å²) >= 11 is 0. The molecule has 0 radical (unpaired) electrons.